The van der Waals surface area contributed by atoms with Crippen molar-refractivity contribution in [1.82, 2.24) is 4.98 Å². The first-order valence-electron chi connectivity index (χ1n) is 6.13. The fraction of sp³-hybridized carbons (Fsp3) is 0.125. The Morgan fingerprint density at radius 1 is 1.16 bits per heavy atom. The summed E-state index contributed by atoms with van der Waals surface area (Å²) in [4.78, 5) is 2.96. The zero-order valence-electron chi connectivity index (χ0n) is 10.6. The number of halogens is 1. The molecular formula is C16H14FNS. The second-order valence-electron chi connectivity index (χ2n) is 4.49. The van der Waals surface area contributed by atoms with E-state index in [-0.39, 0.29) is 5.82 Å². The van der Waals surface area contributed by atoms with Crippen LogP contribution in [0, 0.1) is 5.82 Å². The Morgan fingerprint density at radius 3 is 2.89 bits per heavy atom. The molecule has 1 aromatic heterocycles. The van der Waals surface area contributed by atoms with Gasteiger partial charge < -0.3 is 4.98 Å². The van der Waals surface area contributed by atoms with Gasteiger partial charge in [0.15, 0.2) is 0 Å². The van der Waals surface area contributed by atoms with E-state index in [0.29, 0.717) is 5.52 Å². The topological polar surface area (TPSA) is 15.8 Å². The summed E-state index contributed by atoms with van der Waals surface area (Å²) in [5.41, 5.74) is 4.07. The third-order valence-electron chi connectivity index (χ3n) is 3.22. The highest BCUT2D eigenvalue weighted by molar-refractivity contribution is 7.97. The first kappa shape index (κ1) is 12.3. The third-order valence-corrected chi connectivity index (χ3v) is 3.84. The van der Waals surface area contributed by atoms with Gasteiger partial charge in [-0.05, 0) is 35.1 Å². The van der Waals surface area contributed by atoms with Crippen LogP contribution in [0.4, 0.5) is 4.39 Å². The minimum Gasteiger partial charge on any atom is -0.359 e. The van der Waals surface area contributed by atoms with Crippen LogP contribution < -0.4 is 0 Å². The number of nitrogens with one attached hydrogen (secondary N) is 1. The molecule has 0 aliphatic heterocycles. The van der Waals surface area contributed by atoms with Crippen LogP contribution in [0.5, 0.6) is 0 Å². The lowest BCUT2D eigenvalue weighted by Crippen LogP contribution is -1.85. The lowest BCUT2D eigenvalue weighted by atomic mass is 10.00. The molecule has 0 aliphatic carbocycles. The van der Waals surface area contributed by atoms with Gasteiger partial charge in [-0.15, -0.1) is 0 Å². The van der Waals surface area contributed by atoms with Gasteiger partial charge in [0, 0.05) is 17.3 Å². The van der Waals surface area contributed by atoms with Gasteiger partial charge in [-0.2, -0.15) is 11.8 Å². The Bertz CT molecular complexity index is 718. The Balaban J connectivity index is 2.16. The summed E-state index contributed by atoms with van der Waals surface area (Å²) >= 11 is 1.80. The van der Waals surface area contributed by atoms with Crippen LogP contribution in [-0.2, 0) is 5.75 Å². The highest BCUT2D eigenvalue weighted by Gasteiger charge is 2.08. The summed E-state index contributed by atoms with van der Waals surface area (Å²) < 4.78 is 13.7. The molecule has 3 heteroatoms. The smallest absolute Gasteiger partial charge is 0.147 e. The summed E-state index contributed by atoms with van der Waals surface area (Å²) in [6.45, 7) is 0. The van der Waals surface area contributed by atoms with Gasteiger partial charge in [0.25, 0.3) is 0 Å². The van der Waals surface area contributed by atoms with Gasteiger partial charge in [0.1, 0.15) is 5.82 Å². The quantitative estimate of drug-likeness (QED) is 0.721. The number of thioether (sulfide) groups is 1. The van der Waals surface area contributed by atoms with Gasteiger partial charge >= 0.3 is 0 Å². The lowest BCUT2D eigenvalue weighted by molar-refractivity contribution is 0.637. The largest absolute Gasteiger partial charge is 0.359 e. The van der Waals surface area contributed by atoms with Crippen molar-refractivity contribution in [2.75, 3.05) is 6.26 Å². The van der Waals surface area contributed by atoms with Crippen molar-refractivity contribution in [2.24, 2.45) is 0 Å². The maximum atomic E-state index is 13.7. The molecule has 0 amide bonds. The Morgan fingerprint density at radius 2 is 2.05 bits per heavy atom. The molecule has 19 heavy (non-hydrogen) atoms. The molecule has 1 nitrogen and oxygen atoms in total. The van der Waals surface area contributed by atoms with Crippen molar-refractivity contribution >= 4 is 22.7 Å². The molecule has 3 aromatic rings. The van der Waals surface area contributed by atoms with Crippen molar-refractivity contribution < 1.29 is 4.39 Å². The second-order valence-corrected chi connectivity index (χ2v) is 5.36. The van der Waals surface area contributed by atoms with E-state index in [1.807, 2.05) is 12.1 Å². The lowest BCUT2D eigenvalue weighted by Gasteiger charge is -2.07. The highest BCUT2D eigenvalue weighted by atomic mass is 32.2. The molecule has 0 radical (unpaired) electrons. The molecule has 0 spiro atoms. The van der Waals surface area contributed by atoms with E-state index in [2.05, 4.69) is 35.5 Å². The highest BCUT2D eigenvalue weighted by Crippen LogP contribution is 2.30. The molecule has 0 saturated carbocycles. The molecule has 0 saturated heterocycles. The maximum absolute atomic E-state index is 13.7. The summed E-state index contributed by atoms with van der Waals surface area (Å²) in [6, 6.07) is 13.7. The van der Waals surface area contributed by atoms with E-state index in [0.717, 1.165) is 22.3 Å². The fourth-order valence-corrected chi connectivity index (χ4v) is 2.88. The summed E-state index contributed by atoms with van der Waals surface area (Å²) in [6.07, 6.45) is 3.87. The summed E-state index contributed by atoms with van der Waals surface area (Å²) in [5, 5.41) is 0.932. The maximum Gasteiger partial charge on any atom is 0.147 e. The Kier molecular flexibility index (Phi) is 3.30. The third kappa shape index (κ3) is 2.26. The van der Waals surface area contributed by atoms with Crippen molar-refractivity contribution in [1.29, 1.82) is 0 Å². The van der Waals surface area contributed by atoms with Crippen LogP contribution in [0.15, 0.2) is 48.7 Å². The number of aromatic amines is 1. The van der Waals surface area contributed by atoms with Gasteiger partial charge in [-0.1, -0.05) is 30.3 Å². The predicted molar refractivity (Wildman–Crippen MR) is 80.9 cm³/mol. The second kappa shape index (κ2) is 5.10. The SMILES string of the molecule is CSCc1cccc(-c2ccc(F)c3[nH]ccc23)c1. The fourth-order valence-electron chi connectivity index (χ4n) is 2.37. The van der Waals surface area contributed by atoms with Crippen molar-refractivity contribution in [3.8, 4) is 11.1 Å². The zero-order chi connectivity index (χ0) is 13.2. The van der Waals surface area contributed by atoms with Crippen molar-refractivity contribution in [2.45, 2.75) is 5.75 Å². The van der Waals surface area contributed by atoms with Crippen LogP contribution in [0.1, 0.15) is 5.56 Å². The van der Waals surface area contributed by atoms with Crippen LogP contribution in [0.25, 0.3) is 22.0 Å². The van der Waals surface area contributed by atoms with Gasteiger partial charge in [-0.3, -0.25) is 0 Å². The van der Waals surface area contributed by atoms with Crippen LogP contribution in [0.2, 0.25) is 0 Å². The predicted octanol–water partition coefficient (Wildman–Crippen LogP) is 4.84. The number of aromatic nitrogens is 1. The number of fused-ring (bicyclic) bond motifs is 1. The minimum atomic E-state index is -0.205. The molecule has 0 aliphatic rings. The minimum absolute atomic E-state index is 0.205. The average molecular weight is 271 g/mol. The molecule has 0 atom stereocenters. The molecule has 0 unspecified atom stereocenters. The molecule has 0 fully saturated rings. The summed E-state index contributed by atoms with van der Waals surface area (Å²) in [7, 11) is 0. The van der Waals surface area contributed by atoms with E-state index in [1.54, 1.807) is 18.0 Å². The van der Waals surface area contributed by atoms with Gasteiger partial charge in [0.05, 0.1) is 5.52 Å². The van der Waals surface area contributed by atoms with E-state index in [9.17, 15) is 4.39 Å². The molecule has 2 aromatic carbocycles. The number of hydrogen-bond donors (Lipinski definition) is 1. The number of H-pyrrole nitrogens is 1. The van der Waals surface area contributed by atoms with E-state index in [4.69, 9.17) is 0 Å². The van der Waals surface area contributed by atoms with Crippen molar-refractivity contribution in [3.63, 3.8) is 0 Å². The number of rotatable bonds is 3. The first-order chi connectivity index (χ1) is 9.29. The normalized spacial score (nSPS) is 11.1. The Labute approximate surface area is 115 Å². The Hall–Kier alpha value is -1.74. The standard InChI is InChI=1S/C16H14FNS/c1-19-10-11-3-2-4-12(9-11)13-5-6-15(17)16-14(13)7-8-18-16/h2-9,18H,10H2,1H3. The molecule has 96 valence electrons. The van der Waals surface area contributed by atoms with Crippen LogP contribution >= 0.6 is 11.8 Å². The molecule has 1 N–H and O–H groups in total. The first-order valence-corrected chi connectivity index (χ1v) is 7.53. The molecular weight excluding hydrogens is 257 g/mol. The monoisotopic (exact) mass is 271 g/mol. The summed E-state index contributed by atoms with van der Waals surface area (Å²) in [5.74, 6) is 0.787. The van der Waals surface area contributed by atoms with E-state index in [1.165, 1.54) is 11.6 Å². The molecule has 3 rings (SSSR count). The number of benzene rings is 2. The average Bonchev–Trinajstić information content (AvgIpc) is 2.90. The molecule has 0 bridgehead atoms. The van der Waals surface area contributed by atoms with Gasteiger partial charge in [0.2, 0.25) is 0 Å². The van der Waals surface area contributed by atoms with Gasteiger partial charge in [-0.25, -0.2) is 4.39 Å². The van der Waals surface area contributed by atoms with E-state index >= 15 is 0 Å². The van der Waals surface area contributed by atoms with Crippen LogP contribution in [0.3, 0.4) is 0 Å². The zero-order valence-corrected chi connectivity index (χ0v) is 11.4. The van der Waals surface area contributed by atoms with E-state index < -0.39 is 0 Å². The number of hydrogen-bond acceptors (Lipinski definition) is 1. The molecule has 1 heterocycles. The van der Waals surface area contributed by atoms with Crippen LogP contribution in [-0.4, -0.2) is 11.2 Å². The van der Waals surface area contributed by atoms with Crippen molar-refractivity contribution in [3.05, 3.63) is 60.0 Å².